The highest BCUT2D eigenvalue weighted by Gasteiger charge is 2.02. The third-order valence-corrected chi connectivity index (χ3v) is 2.64. The number of nitrogens with zero attached hydrogens (tertiary/aromatic N) is 1. The average molecular weight is 251 g/mol. The van der Waals surface area contributed by atoms with Crippen LogP contribution in [0, 0.1) is 5.82 Å². The van der Waals surface area contributed by atoms with Gasteiger partial charge in [0.15, 0.2) is 0 Å². The lowest BCUT2D eigenvalue weighted by molar-refractivity contribution is 0.253. The summed E-state index contributed by atoms with van der Waals surface area (Å²) in [5.74, 6) is 0.486. The molecule has 0 saturated carbocycles. The second-order valence-electron chi connectivity index (χ2n) is 4.48. The van der Waals surface area contributed by atoms with Gasteiger partial charge in [-0.1, -0.05) is 19.1 Å². The fourth-order valence-corrected chi connectivity index (χ4v) is 1.74. The van der Waals surface area contributed by atoms with Crippen LogP contribution in [0.1, 0.15) is 20.3 Å². The van der Waals surface area contributed by atoms with E-state index in [2.05, 4.69) is 18.4 Å². The van der Waals surface area contributed by atoms with E-state index in [1.165, 1.54) is 17.7 Å². The Hall–Kier alpha value is -1.35. The van der Waals surface area contributed by atoms with E-state index in [0.29, 0.717) is 6.61 Å². The highest BCUT2D eigenvalue weighted by Crippen LogP contribution is 2.11. The summed E-state index contributed by atoms with van der Waals surface area (Å²) in [6.07, 6.45) is 0.957. The quantitative estimate of drug-likeness (QED) is 0.518. The van der Waals surface area contributed by atoms with Crippen LogP contribution in [0.5, 0.6) is 5.75 Å². The van der Waals surface area contributed by atoms with Crippen molar-refractivity contribution in [2.75, 3.05) is 26.2 Å². The van der Waals surface area contributed by atoms with E-state index in [-0.39, 0.29) is 5.82 Å². The summed E-state index contributed by atoms with van der Waals surface area (Å²) in [7, 11) is 0. The van der Waals surface area contributed by atoms with Crippen molar-refractivity contribution in [2.45, 2.75) is 20.3 Å². The molecule has 1 rings (SSSR count). The smallest absolute Gasteiger partial charge is 0.123 e. The Kier molecular flexibility index (Phi) is 6.44. The highest BCUT2D eigenvalue weighted by molar-refractivity contribution is 5.21. The lowest BCUT2D eigenvalue weighted by Gasteiger charge is -2.20. The summed E-state index contributed by atoms with van der Waals surface area (Å²) in [6.45, 7) is 11.7. The normalized spacial score (nSPS) is 10.7. The van der Waals surface area contributed by atoms with Crippen molar-refractivity contribution < 1.29 is 9.13 Å². The topological polar surface area (TPSA) is 12.5 Å². The third kappa shape index (κ3) is 5.82. The van der Waals surface area contributed by atoms with Crippen molar-refractivity contribution in [2.24, 2.45) is 0 Å². The lowest BCUT2D eigenvalue weighted by atomic mass is 10.3. The van der Waals surface area contributed by atoms with Gasteiger partial charge >= 0.3 is 0 Å². The predicted octanol–water partition coefficient (Wildman–Crippen LogP) is 3.49. The molecule has 0 fully saturated rings. The van der Waals surface area contributed by atoms with Crippen LogP contribution in [0.4, 0.5) is 4.39 Å². The molecule has 0 spiro atoms. The zero-order valence-corrected chi connectivity index (χ0v) is 11.3. The molecule has 0 bridgehead atoms. The maximum Gasteiger partial charge on any atom is 0.123 e. The fraction of sp³-hybridized carbons (Fsp3) is 0.467. The third-order valence-electron chi connectivity index (χ3n) is 2.64. The maximum atomic E-state index is 12.7. The minimum Gasteiger partial charge on any atom is -0.494 e. The number of hydrogen-bond donors (Lipinski definition) is 0. The van der Waals surface area contributed by atoms with Gasteiger partial charge in [-0.25, -0.2) is 4.39 Å². The summed E-state index contributed by atoms with van der Waals surface area (Å²) >= 11 is 0. The zero-order chi connectivity index (χ0) is 13.4. The number of ether oxygens (including phenoxy) is 1. The molecule has 0 aromatic heterocycles. The molecular formula is C15H22FNO. The van der Waals surface area contributed by atoms with E-state index in [4.69, 9.17) is 4.74 Å². The molecular weight excluding hydrogens is 229 g/mol. The number of likely N-dealkylation sites (N-methyl/N-ethyl adjacent to an activating group) is 1. The van der Waals surface area contributed by atoms with Crippen molar-refractivity contribution in [3.05, 3.63) is 42.2 Å². The van der Waals surface area contributed by atoms with E-state index in [1.54, 1.807) is 12.1 Å². The second kappa shape index (κ2) is 7.88. The first kappa shape index (κ1) is 14.7. The Bertz CT molecular complexity index is 361. The molecule has 0 amide bonds. The van der Waals surface area contributed by atoms with Gasteiger partial charge in [-0.2, -0.15) is 0 Å². The summed E-state index contributed by atoms with van der Waals surface area (Å²) < 4.78 is 18.2. The molecule has 1 aromatic rings. The van der Waals surface area contributed by atoms with E-state index in [9.17, 15) is 4.39 Å². The van der Waals surface area contributed by atoms with Gasteiger partial charge in [0.25, 0.3) is 0 Å². The van der Waals surface area contributed by atoms with Gasteiger partial charge in [0.2, 0.25) is 0 Å². The number of hydrogen-bond acceptors (Lipinski definition) is 2. The molecule has 0 aliphatic carbocycles. The van der Waals surface area contributed by atoms with Crippen molar-refractivity contribution in [3.8, 4) is 5.75 Å². The summed E-state index contributed by atoms with van der Waals surface area (Å²) in [4.78, 5) is 2.33. The molecule has 0 atom stereocenters. The monoisotopic (exact) mass is 251 g/mol. The number of rotatable bonds is 8. The first-order chi connectivity index (χ1) is 8.61. The number of benzene rings is 1. The molecule has 1 aromatic carbocycles. The molecule has 0 saturated heterocycles. The first-order valence-corrected chi connectivity index (χ1v) is 6.37. The van der Waals surface area contributed by atoms with Gasteiger partial charge in [0.1, 0.15) is 11.6 Å². The Balaban J connectivity index is 2.21. The van der Waals surface area contributed by atoms with Crippen LogP contribution >= 0.6 is 0 Å². The van der Waals surface area contributed by atoms with Crippen LogP contribution in [0.25, 0.3) is 0 Å². The van der Waals surface area contributed by atoms with Crippen LogP contribution in [0.3, 0.4) is 0 Å². The highest BCUT2D eigenvalue weighted by atomic mass is 19.1. The van der Waals surface area contributed by atoms with Gasteiger partial charge in [-0.15, -0.1) is 0 Å². The Morgan fingerprint density at radius 1 is 1.33 bits per heavy atom. The molecule has 3 heteroatoms. The van der Waals surface area contributed by atoms with Gasteiger partial charge in [-0.3, -0.25) is 4.90 Å². The largest absolute Gasteiger partial charge is 0.494 e. The molecule has 0 unspecified atom stereocenters. The van der Waals surface area contributed by atoms with Crippen LogP contribution in [-0.2, 0) is 0 Å². The van der Waals surface area contributed by atoms with Crippen molar-refractivity contribution in [1.29, 1.82) is 0 Å². The van der Waals surface area contributed by atoms with Crippen LogP contribution in [0.2, 0.25) is 0 Å². The Morgan fingerprint density at radius 2 is 2.00 bits per heavy atom. The summed E-state index contributed by atoms with van der Waals surface area (Å²) in [5, 5.41) is 0. The average Bonchev–Trinajstić information content (AvgIpc) is 2.34. The van der Waals surface area contributed by atoms with Crippen LogP contribution in [-0.4, -0.2) is 31.1 Å². The van der Waals surface area contributed by atoms with E-state index in [1.807, 2.05) is 6.92 Å². The van der Waals surface area contributed by atoms with Crippen molar-refractivity contribution in [1.82, 2.24) is 4.90 Å². The first-order valence-electron chi connectivity index (χ1n) is 6.37. The molecule has 2 nitrogen and oxygen atoms in total. The molecule has 0 aliphatic rings. The zero-order valence-electron chi connectivity index (χ0n) is 11.3. The Labute approximate surface area is 109 Å². The van der Waals surface area contributed by atoms with E-state index in [0.717, 1.165) is 31.8 Å². The van der Waals surface area contributed by atoms with E-state index < -0.39 is 0 Å². The van der Waals surface area contributed by atoms with Gasteiger partial charge < -0.3 is 4.74 Å². The standard InChI is InChI=1S/C15H22FNO/c1-4-17(12-13(2)3)10-5-11-18-15-8-6-14(16)7-9-15/h6-9H,2,4-5,10-12H2,1,3H3. The SMILES string of the molecule is C=C(C)CN(CC)CCCOc1ccc(F)cc1. The van der Waals surface area contributed by atoms with Gasteiger partial charge in [0.05, 0.1) is 6.61 Å². The number of halogens is 1. The molecule has 100 valence electrons. The fourth-order valence-electron chi connectivity index (χ4n) is 1.74. The summed E-state index contributed by atoms with van der Waals surface area (Å²) in [5.41, 5.74) is 1.18. The van der Waals surface area contributed by atoms with Crippen molar-refractivity contribution >= 4 is 0 Å². The molecule has 0 N–H and O–H groups in total. The minimum absolute atomic E-state index is 0.235. The van der Waals surface area contributed by atoms with Gasteiger partial charge in [0, 0.05) is 13.1 Å². The minimum atomic E-state index is -0.235. The molecule has 0 aliphatic heterocycles. The summed E-state index contributed by atoms with van der Waals surface area (Å²) in [6, 6.07) is 6.13. The van der Waals surface area contributed by atoms with E-state index >= 15 is 0 Å². The molecule has 0 radical (unpaired) electrons. The lowest BCUT2D eigenvalue weighted by Crippen LogP contribution is -2.27. The molecule has 18 heavy (non-hydrogen) atoms. The maximum absolute atomic E-state index is 12.7. The van der Waals surface area contributed by atoms with Crippen LogP contribution < -0.4 is 4.74 Å². The molecule has 0 heterocycles. The predicted molar refractivity (Wildman–Crippen MR) is 73.4 cm³/mol. The van der Waals surface area contributed by atoms with Gasteiger partial charge in [-0.05, 0) is 44.2 Å². The van der Waals surface area contributed by atoms with Crippen LogP contribution in [0.15, 0.2) is 36.4 Å². The second-order valence-corrected chi connectivity index (χ2v) is 4.48. The van der Waals surface area contributed by atoms with Crippen molar-refractivity contribution in [3.63, 3.8) is 0 Å². The Morgan fingerprint density at radius 3 is 2.56 bits per heavy atom.